The Balaban J connectivity index is 1.81. The first-order valence-corrected chi connectivity index (χ1v) is 7.42. The lowest BCUT2D eigenvalue weighted by Gasteiger charge is -2.37. The zero-order valence-corrected chi connectivity index (χ0v) is 11.6. The number of carbonyl (C=O) groups is 1. The van der Waals surface area contributed by atoms with Crippen LogP contribution in [0.5, 0.6) is 0 Å². The molecule has 1 aliphatic carbocycles. The Kier molecular flexibility index (Phi) is 5.01. The summed E-state index contributed by atoms with van der Waals surface area (Å²) in [6.45, 7) is 2.44. The Morgan fingerprint density at radius 1 is 1.17 bits per heavy atom. The molecule has 0 bridgehead atoms. The van der Waals surface area contributed by atoms with Crippen LogP contribution in [-0.4, -0.2) is 54.5 Å². The first-order chi connectivity index (χ1) is 8.68. The third-order valence-corrected chi connectivity index (χ3v) is 4.44. The summed E-state index contributed by atoms with van der Waals surface area (Å²) < 4.78 is 0. The van der Waals surface area contributed by atoms with E-state index in [1.807, 2.05) is 4.90 Å². The van der Waals surface area contributed by atoms with Crippen molar-refractivity contribution in [3.8, 4) is 0 Å². The van der Waals surface area contributed by atoms with Crippen LogP contribution in [-0.2, 0) is 4.79 Å². The summed E-state index contributed by atoms with van der Waals surface area (Å²) in [7, 11) is 2.05. The number of hydrogen-bond acceptors (Lipinski definition) is 3. The van der Waals surface area contributed by atoms with E-state index in [0.717, 1.165) is 25.9 Å². The molecule has 1 aliphatic heterocycles. The Morgan fingerprint density at radius 3 is 2.50 bits per heavy atom. The van der Waals surface area contributed by atoms with Gasteiger partial charge in [-0.1, -0.05) is 12.8 Å². The Hall–Kier alpha value is -0.610. The summed E-state index contributed by atoms with van der Waals surface area (Å²) >= 11 is 0. The highest BCUT2D eigenvalue weighted by Gasteiger charge is 2.27. The van der Waals surface area contributed by atoms with E-state index < -0.39 is 0 Å². The van der Waals surface area contributed by atoms with Gasteiger partial charge >= 0.3 is 0 Å². The van der Waals surface area contributed by atoms with Crippen molar-refractivity contribution in [3.63, 3.8) is 0 Å². The van der Waals surface area contributed by atoms with Crippen molar-refractivity contribution in [2.45, 2.75) is 57.0 Å². The van der Waals surface area contributed by atoms with Crippen molar-refractivity contribution in [2.24, 2.45) is 5.73 Å². The van der Waals surface area contributed by atoms with Gasteiger partial charge in [0.25, 0.3) is 0 Å². The normalized spacial score (nSPS) is 29.6. The molecular formula is C14H27N3O. The summed E-state index contributed by atoms with van der Waals surface area (Å²) in [6, 6.07) is 0.644. The summed E-state index contributed by atoms with van der Waals surface area (Å²) in [4.78, 5) is 16.4. The van der Waals surface area contributed by atoms with Gasteiger partial charge in [0, 0.05) is 25.2 Å². The van der Waals surface area contributed by atoms with Gasteiger partial charge in [0.05, 0.1) is 6.54 Å². The molecule has 2 rings (SSSR count). The molecule has 0 spiro atoms. The number of nitrogens with zero attached hydrogens (tertiary/aromatic N) is 2. The molecule has 2 N–H and O–H groups in total. The van der Waals surface area contributed by atoms with Crippen LogP contribution in [0.3, 0.4) is 0 Å². The number of likely N-dealkylation sites (N-methyl/N-ethyl adjacent to an activating group) is 1. The van der Waals surface area contributed by atoms with Crippen LogP contribution >= 0.6 is 0 Å². The van der Waals surface area contributed by atoms with E-state index in [2.05, 4.69) is 11.9 Å². The zero-order chi connectivity index (χ0) is 13.0. The van der Waals surface area contributed by atoms with Crippen LogP contribution in [0.15, 0.2) is 0 Å². The molecule has 4 heteroatoms. The Morgan fingerprint density at radius 2 is 1.83 bits per heavy atom. The molecule has 1 saturated heterocycles. The molecule has 4 nitrogen and oxygen atoms in total. The van der Waals surface area contributed by atoms with Gasteiger partial charge in [-0.2, -0.15) is 0 Å². The van der Waals surface area contributed by atoms with E-state index in [1.54, 1.807) is 0 Å². The van der Waals surface area contributed by atoms with E-state index in [-0.39, 0.29) is 11.9 Å². The maximum absolute atomic E-state index is 12.2. The molecular weight excluding hydrogens is 226 g/mol. The lowest BCUT2D eigenvalue weighted by atomic mass is 9.90. The lowest BCUT2D eigenvalue weighted by molar-refractivity contribution is -0.133. The first-order valence-electron chi connectivity index (χ1n) is 7.42. The lowest BCUT2D eigenvalue weighted by Crippen LogP contribution is -2.51. The van der Waals surface area contributed by atoms with Crippen LogP contribution in [0.25, 0.3) is 0 Å². The van der Waals surface area contributed by atoms with E-state index in [1.165, 1.54) is 32.1 Å². The molecule has 104 valence electrons. The third-order valence-electron chi connectivity index (χ3n) is 4.44. The quantitative estimate of drug-likeness (QED) is 0.822. The van der Waals surface area contributed by atoms with Gasteiger partial charge in [-0.3, -0.25) is 9.69 Å². The molecule has 2 aliphatic rings. The largest absolute Gasteiger partial charge is 0.342 e. The maximum atomic E-state index is 12.2. The van der Waals surface area contributed by atoms with Crippen LogP contribution in [0.4, 0.5) is 0 Å². The maximum Gasteiger partial charge on any atom is 0.236 e. The minimum absolute atomic E-state index is 0.248. The number of hydrogen-bond donors (Lipinski definition) is 1. The molecule has 2 fully saturated rings. The highest BCUT2D eigenvalue weighted by Crippen LogP contribution is 2.21. The van der Waals surface area contributed by atoms with Gasteiger partial charge in [-0.15, -0.1) is 0 Å². The van der Waals surface area contributed by atoms with Gasteiger partial charge in [0.2, 0.25) is 5.91 Å². The molecule has 1 saturated carbocycles. The van der Waals surface area contributed by atoms with Gasteiger partial charge in [0.1, 0.15) is 0 Å². The highest BCUT2D eigenvalue weighted by atomic mass is 16.2. The average Bonchev–Trinajstić information content (AvgIpc) is 2.40. The third kappa shape index (κ3) is 3.45. The van der Waals surface area contributed by atoms with E-state index in [4.69, 9.17) is 5.73 Å². The number of likely N-dealkylation sites (tertiary alicyclic amines) is 1. The van der Waals surface area contributed by atoms with E-state index >= 15 is 0 Å². The monoisotopic (exact) mass is 253 g/mol. The smallest absolute Gasteiger partial charge is 0.236 e. The number of nitrogens with two attached hydrogens (primary N) is 1. The second kappa shape index (κ2) is 6.53. The minimum atomic E-state index is 0.248. The van der Waals surface area contributed by atoms with Crippen molar-refractivity contribution < 1.29 is 4.79 Å². The average molecular weight is 253 g/mol. The molecule has 1 heterocycles. The van der Waals surface area contributed by atoms with Gasteiger partial charge in [0.15, 0.2) is 0 Å². The van der Waals surface area contributed by atoms with Crippen LogP contribution in [0.2, 0.25) is 0 Å². The Bertz CT molecular complexity index is 276. The molecule has 1 amide bonds. The van der Waals surface area contributed by atoms with Crippen molar-refractivity contribution >= 4 is 5.91 Å². The minimum Gasteiger partial charge on any atom is -0.342 e. The van der Waals surface area contributed by atoms with Crippen molar-refractivity contribution in [2.75, 3.05) is 26.7 Å². The summed E-state index contributed by atoms with van der Waals surface area (Å²) in [5.74, 6) is 0.287. The predicted molar refractivity (Wildman–Crippen MR) is 73.3 cm³/mol. The number of amides is 1. The molecule has 0 radical (unpaired) electrons. The van der Waals surface area contributed by atoms with Gasteiger partial charge < -0.3 is 10.6 Å². The zero-order valence-electron chi connectivity index (χ0n) is 11.6. The predicted octanol–water partition coefficient (Wildman–Crippen LogP) is 1.20. The highest BCUT2D eigenvalue weighted by molar-refractivity contribution is 5.78. The second-order valence-electron chi connectivity index (χ2n) is 5.87. The number of carbonyl (C=O) groups excluding carboxylic acids is 1. The van der Waals surface area contributed by atoms with Crippen molar-refractivity contribution in [1.29, 1.82) is 0 Å². The van der Waals surface area contributed by atoms with Gasteiger partial charge in [-0.05, 0) is 39.2 Å². The second-order valence-corrected chi connectivity index (χ2v) is 5.87. The molecule has 2 unspecified atom stereocenters. The number of rotatable bonds is 3. The van der Waals surface area contributed by atoms with Crippen LogP contribution < -0.4 is 5.73 Å². The standard InChI is InChI=1S/C14H27N3O/c1-16(13-8-4-3-7-12(13)15)11-14(18)17-9-5-2-6-10-17/h12-13H,2-11,15H2,1H3. The molecule has 2 atom stereocenters. The molecule has 18 heavy (non-hydrogen) atoms. The van der Waals surface area contributed by atoms with Crippen LogP contribution in [0.1, 0.15) is 44.9 Å². The number of piperidine rings is 1. The fourth-order valence-corrected chi connectivity index (χ4v) is 3.26. The van der Waals surface area contributed by atoms with Crippen molar-refractivity contribution in [1.82, 2.24) is 9.80 Å². The summed E-state index contributed by atoms with van der Waals surface area (Å²) in [5.41, 5.74) is 6.17. The first kappa shape index (κ1) is 13.8. The molecule has 0 aromatic carbocycles. The molecule has 0 aromatic heterocycles. The van der Waals surface area contributed by atoms with Crippen molar-refractivity contribution in [3.05, 3.63) is 0 Å². The SMILES string of the molecule is CN(CC(=O)N1CCCCC1)C1CCCCC1N. The summed E-state index contributed by atoms with van der Waals surface area (Å²) in [5, 5.41) is 0. The fraction of sp³-hybridized carbons (Fsp3) is 0.929. The molecule has 0 aromatic rings. The van der Waals surface area contributed by atoms with Gasteiger partial charge in [-0.25, -0.2) is 0 Å². The van der Waals surface area contributed by atoms with Crippen LogP contribution in [0, 0.1) is 0 Å². The van der Waals surface area contributed by atoms with E-state index in [9.17, 15) is 4.79 Å². The Labute approximate surface area is 110 Å². The summed E-state index contributed by atoms with van der Waals surface area (Å²) in [6.07, 6.45) is 8.34. The fourth-order valence-electron chi connectivity index (χ4n) is 3.26. The topological polar surface area (TPSA) is 49.6 Å². The van der Waals surface area contributed by atoms with E-state index in [0.29, 0.717) is 12.6 Å².